The summed E-state index contributed by atoms with van der Waals surface area (Å²) in [5, 5.41) is 73.3. The van der Waals surface area contributed by atoms with E-state index in [2.05, 4.69) is 16.0 Å². The van der Waals surface area contributed by atoms with E-state index in [9.17, 15) is 40.2 Å². The van der Waals surface area contributed by atoms with Gasteiger partial charge in [0, 0.05) is 25.6 Å². The fraction of sp³-hybridized carbons (Fsp3) is 0.600. The molecule has 0 radical (unpaired) electrons. The number of aliphatic hydroxyl groups excluding tert-OH is 6. The first-order valence-corrected chi connectivity index (χ1v) is 17.3. The number of carbonyl (C=O) groups is 2. The highest BCUT2D eigenvalue weighted by Gasteiger charge is 2.51. The molecule has 12 unspecified atom stereocenters. The molecule has 0 aliphatic carbocycles. The van der Waals surface area contributed by atoms with Crippen LogP contribution in [0.15, 0.2) is 54.6 Å². The van der Waals surface area contributed by atoms with Gasteiger partial charge in [-0.2, -0.15) is 0 Å². The number of hydrogen-bond acceptors (Lipinski definition) is 15. The summed E-state index contributed by atoms with van der Waals surface area (Å²) in [6.07, 6.45) is -14.1. The molecule has 12 atom stereocenters. The molecule has 0 saturated carbocycles. The Labute approximate surface area is 295 Å². The largest absolute Gasteiger partial charge is 0.462 e. The first kappa shape index (κ1) is 39.0. The van der Waals surface area contributed by atoms with Crippen molar-refractivity contribution in [2.45, 2.75) is 99.7 Å². The number of aliphatic hydroxyl groups is 6. The van der Waals surface area contributed by atoms with Crippen LogP contribution in [0.2, 0.25) is 0 Å². The molecular weight excluding hydrogens is 670 g/mol. The van der Waals surface area contributed by atoms with Crippen molar-refractivity contribution in [3.63, 3.8) is 0 Å². The summed E-state index contributed by atoms with van der Waals surface area (Å²) in [7, 11) is 0. The maximum atomic E-state index is 12.7. The average molecular weight is 720 g/mol. The van der Waals surface area contributed by atoms with E-state index in [4.69, 9.17) is 23.7 Å². The number of carbonyl (C=O) groups excluding carboxylic acids is 2. The molecule has 16 nitrogen and oxygen atoms in total. The number of esters is 1. The second-order valence-corrected chi connectivity index (χ2v) is 13.0. The fourth-order valence-electron chi connectivity index (χ4n) is 6.09. The van der Waals surface area contributed by atoms with Gasteiger partial charge in [0.25, 0.3) is 0 Å². The quantitative estimate of drug-likeness (QED) is 0.141. The van der Waals surface area contributed by atoms with E-state index in [0.29, 0.717) is 32.6 Å². The average Bonchev–Trinajstić information content (AvgIpc) is 3.14. The Morgan fingerprint density at radius 1 is 0.843 bits per heavy atom. The smallest absolute Gasteiger partial charge is 0.338 e. The van der Waals surface area contributed by atoms with Crippen molar-refractivity contribution in [3.8, 4) is 5.75 Å². The van der Waals surface area contributed by atoms with Crippen LogP contribution in [0.5, 0.6) is 5.75 Å². The molecule has 51 heavy (non-hydrogen) atoms. The van der Waals surface area contributed by atoms with E-state index in [-0.39, 0.29) is 29.7 Å². The highest BCUT2D eigenvalue weighted by molar-refractivity contribution is 5.89. The summed E-state index contributed by atoms with van der Waals surface area (Å²) in [6, 6.07) is 14.6. The van der Waals surface area contributed by atoms with Crippen LogP contribution in [0.1, 0.15) is 48.1 Å². The third-order valence-electron chi connectivity index (χ3n) is 9.16. The molecule has 3 aliphatic heterocycles. The highest BCUT2D eigenvalue weighted by Crippen LogP contribution is 2.31. The maximum Gasteiger partial charge on any atom is 0.338 e. The minimum atomic E-state index is -1.80. The van der Waals surface area contributed by atoms with Gasteiger partial charge < -0.3 is 70.3 Å². The predicted molar refractivity (Wildman–Crippen MR) is 178 cm³/mol. The van der Waals surface area contributed by atoms with Crippen molar-refractivity contribution in [1.82, 2.24) is 16.0 Å². The van der Waals surface area contributed by atoms with E-state index in [1.54, 1.807) is 54.6 Å². The SMILES string of the molecule is CC1OC(Oc2ccc(C3CC(=O)NCCCNCC(O)CCN3)cc2)C(OC2OC(COC(=O)c3ccccc3)C(O)C(O)C2O)C(O)C1O. The van der Waals surface area contributed by atoms with Gasteiger partial charge in [0.15, 0.2) is 12.4 Å². The zero-order valence-electron chi connectivity index (χ0n) is 28.3. The van der Waals surface area contributed by atoms with E-state index in [1.165, 1.54) is 6.92 Å². The lowest BCUT2D eigenvalue weighted by Crippen LogP contribution is -2.64. The lowest BCUT2D eigenvalue weighted by atomic mass is 9.97. The molecule has 3 saturated heterocycles. The van der Waals surface area contributed by atoms with Crippen molar-refractivity contribution in [2.24, 2.45) is 0 Å². The van der Waals surface area contributed by atoms with Gasteiger partial charge in [0.2, 0.25) is 12.2 Å². The molecular formula is C35H49N3O13. The van der Waals surface area contributed by atoms with Crippen molar-refractivity contribution < 1.29 is 63.9 Å². The zero-order chi connectivity index (χ0) is 36.5. The first-order valence-electron chi connectivity index (χ1n) is 17.3. The Morgan fingerprint density at radius 3 is 2.33 bits per heavy atom. The van der Waals surface area contributed by atoms with Crippen LogP contribution < -0.4 is 20.7 Å². The summed E-state index contributed by atoms with van der Waals surface area (Å²) >= 11 is 0. The molecule has 3 aliphatic rings. The van der Waals surface area contributed by atoms with Crippen LogP contribution in [0, 0.1) is 0 Å². The van der Waals surface area contributed by atoms with Crippen molar-refractivity contribution in [1.29, 1.82) is 0 Å². The van der Waals surface area contributed by atoms with Crippen LogP contribution >= 0.6 is 0 Å². The standard InChI is InChI=1S/C35H49N3O13/c1-19-27(41)30(44)32(51-34-31(45)29(43)28(42)25(50-34)18-47-33(46)21-6-3-2-4-7-21)35(48-19)49-23-10-8-20(9-11-23)24-16-26(40)38-14-5-13-36-17-22(39)12-15-37-24/h2-4,6-11,19,22,24-25,27-32,34-37,39,41-45H,5,12-18H2,1H3,(H,38,40). The Hall–Kier alpha value is -3.26. The normalized spacial score (nSPS) is 35.7. The number of hydrogen-bond donors (Lipinski definition) is 9. The van der Waals surface area contributed by atoms with Gasteiger partial charge in [-0.3, -0.25) is 4.79 Å². The Morgan fingerprint density at radius 2 is 1.59 bits per heavy atom. The lowest BCUT2D eigenvalue weighted by Gasteiger charge is -2.45. The molecule has 5 rings (SSSR count). The van der Waals surface area contributed by atoms with Crippen molar-refractivity contribution in [3.05, 3.63) is 65.7 Å². The zero-order valence-corrected chi connectivity index (χ0v) is 28.3. The topological polar surface area (TPSA) is 238 Å². The first-order chi connectivity index (χ1) is 24.5. The fourth-order valence-corrected chi connectivity index (χ4v) is 6.09. The second kappa shape index (κ2) is 18.5. The monoisotopic (exact) mass is 719 g/mol. The molecule has 3 heterocycles. The summed E-state index contributed by atoms with van der Waals surface area (Å²) in [4.78, 5) is 25.1. The van der Waals surface area contributed by atoms with E-state index in [0.717, 1.165) is 12.0 Å². The molecule has 16 heteroatoms. The molecule has 3 fully saturated rings. The number of ether oxygens (including phenoxy) is 5. The van der Waals surface area contributed by atoms with Gasteiger partial charge in [-0.15, -0.1) is 0 Å². The number of nitrogens with one attached hydrogen (secondary N) is 3. The van der Waals surface area contributed by atoms with Gasteiger partial charge >= 0.3 is 5.97 Å². The van der Waals surface area contributed by atoms with Crippen LogP contribution in [-0.2, 0) is 23.7 Å². The molecule has 9 N–H and O–H groups in total. The molecule has 0 spiro atoms. The molecule has 0 bridgehead atoms. The summed E-state index contributed by atoms with van der Waals surface area (Å²) in [6.45, 7) is 3.17. The molecule has 2 aromatic rings. The minimum Gasteiger partial charge on any atom is -0.462 e. The number of β-amino-alcohol motifs (C(OH)–C–C–N with tert-alkyl or cyclic N) is 1. The van der Waals surface area contributed by atoms with Gasteiger partial charge in [-0.25, -0.2) is 4.79 Å². The summed E-state index contributed by atoms with van der Waals surface area (Å²) < 4.78 is 28.8. The summed E-state index contributed by atoms with van der Waals surface area (Å²) in [5.41, 5.74) is 1.04. The summed E-state index contributed by atoms with van der Waals surface area (Å²) in [5.74, 6) is -0.532. The molecule has 282 valence electrons. The number of rotatable bonds is 8. The molecule has 0 aromatic heterocycles. The third-order valence-corrected chi connectivity index (χ3v) is 9.16. The van der Waals surface area contributed by atoms with Crippen LogP contribution in [0.3, 0.4) is 0 Å². The maximum absolute atomic E-state index is 12.7. The van der Waals surface area contributed by atoms with Gasteiger partial charge in [-0.1, -0.05) is 30.3 Å². The van der Waals surface area contributed by atoms with Gasteiger partial charge in [0.1, 0.15) is 49.0 Å². The van der Waals surface area contributed by atoms with Crippen LogP contribution in [0.4, 0.5) is 0 Å². The Balaban J connectivity index is 1.26. The predicted octanol–water partition coefficient (Wildman–Crippen LogP) is -1.54. The lowest BCUT2D eigenvalue weighted by molar-refractivity contribution is -0.355. The van der Waals surface area contributed by atoms with E-state index < -0.39 is 80.1 Å². The van der Waals surface area contributed by atoms with Crippen molar-refractivity contribution >= 4 is 11.9 Å². The van der Waals surface area contributed by atoms with Crippen molar-refractivity contribution in [2.75, 3.05) is 32.8 Å². The third kappa shape index (κ3) is 10.4. The van der Waals surface area contributed by atoms with Gasteiger partial charge in [0.05, 0.1) is 17.8 Å². The van der Waals surface area contributed by atoms with E-state index >= 15 is 0 Å². The van der Waals surface area contributed by atoms with Crippen LogP contribution in [-0.4, -0.2) is 143 Å². The Bertz CT molecular complexity index is 1390. The Kier molecular flexibility index (Phi) is 14.1. The molecule has 2 aromatic carbocycles. The minimum absolute atomic E-state index is 0.119. The van der Waals surface area contributed by atoms with E-state index in [1.807, 2.05) is 0 Å². The van der Waals surface area contributed by atoms with Gasteiger partial charge in [-0.05, 0) is 62.7 Å². The second-order valence-electron chi connectivity index (χ2n) is 13.0. The number of amides is 1. The van der Waals surface area contributed by atoms with Crippen LogP contribution in [0.25, 0.3) is 0 Å². The number of benzene rings is 2. The highest BCUT2D eigenvalue weighted by atomic mass is 16.8. The molecule has 1 amide bonds.